The van der Waals surface area contributed by atoms with Gasteiger partial charge in [0.05, 0.1) is 15.0 Å². The maximum Gasteiger partial charge on any atom is 0.345 e. The van der Waals surface area contributed by atoms with Gasteiger partial charge >= 0.3 is 5.63 Å². The summed E-state index contributed by atoms with van der Waals surface area (Å²) in [5, 5.41) is 1.39. The summed E-state index contributed by atoms with van der Waals surface area (Å²) in [6.45, 7) is 1.62. The van der Waals surface area contributed by atoms with Gasteiger partial charge in [-0.25, -0.2) is 4.79 Å². The van der Waals surface area contributed by atoms with E-state index >= 15 is 0 Å². The molecule has 1 aliphatic rings. The van der Waals surface area contributed by atoms with Crippen LogP contribution in [0.3, 0.4) is 0 Å². The minimum absolute atomic E-state index is 0.0318. The summed E-state index contributed by atoms with van der Waals surface area (Å²) < 4.78 is 6.18. The number of para-hydroxylation sites is 1. The first kappa shape index (κ1) is 13.5. The van der Waals surface area contributed by atoms with Crippen molar-refractivity contribution in [3.05, 3.63) is 45.6 Å². The van der Waals surface area contributed by atoms with Gasteiger partial charge in [0.1, 0.15) is 5.58 Å². The molecule has 0 radical (unpaired) electrons. The van der Waals surface area contributed by atoms with Crippen LogP contribution in [0.25, 0.3) is 21.1 Å². The number of rotatable bonds is 1. The zero-order valence-electron chi connectivity index (χ0n) is 12.0. The molecule has 0 unspecified atom stereocenters. The molecule has 112 valence electrons. The maximum atomic E-state index is 12.6. The fourth-order valence-corrected chi connectivity index (χ4v) is 4.14. The number of benzene rings is 1. The third-order valence-corrected chi connectivity index (χ3v) is 5.30. The van der Waals surface area contributed by atoms with Gasteiger partial charge in [-0.05, 0) is 37.5 Å². The van der Waals surface area contributed by atoms with Crippen LogP contribution >= 0.6 is 11.3 Å². The molecule has 1 fully saturated rings. The summed E-state index contributed by atoms with van der Waals surface area (Å²) in [5.41, 5.74) is 0.196. The monoisotopic (exact) mass is 313 g/mol. The Bertz CT molecular complexity index is 918. The molecule has 0 N–H and O–H groups in total. The number of amides is 1. The largest absolute Gasteiger partial charge is 0.422 e. The first-order valence-electron chi connectivity index (χ1n) is 7.49. The lowest BCUT2D eigenvalue weighted by molar-refractivity contribution is 0.0729. The van der Waals surface area contributed by atoms with Gasteiger partial charge < -0.3 is 9.32 Å². The van der Waals surface area contributed by atoms with Crippen molar-refractivity contribution < 1.29 is 9.21 Å². The van der Waals surface area contributed by atoms with E-state index in [1.165, 1.54) is 17.8 Å². The molecule has 0 aliphatic carbocycles. The second-order valence-electron chi connectivity index (χ2n) is 5.59. The first-order valence-corrected chi connectivity index (χ1v) is 8.30. The van der Waals surface area contributed by atoms with Crippen LogP contribution in [-0.2, 0) is 0 Å². The molecule has 4 nitrogen and oxygen atoms in total. The van der Waals surface area contributed by atoms with Gasteiger partial charge in [0.25, 0.3) is 5.91 Å². The Morgan fingerprint density at radius 3 is 2.68 bits per heavy atom. The molecular weight excluding hydrogens is 298 g/mol. The number of carbonyl (C=O) groups is 1. The second-order valence-corrected chi connectivity index (χ2v) is 6.64. The van der Waals surface area contributed by atoms with Crippen molar-refractivity contribution in [3.8, 4) is 0 Å². The summed E-state index contributed by atoms with van der Waals surface area (Å²) in [6.07, 6.45) is 3.30. The summed E-state index contributed by atoms with van der Waals surface area (Å²) in [6, 6.07) is 9.14. The number of carbonyl (C=O) groups excluding carboxylic acids is 1. The lowest BCUT2D eigenvalue weighted by Crippen LogP contribution is -2.35. The van der Waals surface area contributed by atoms with Crippen LogP contribution in [0.4, 0.5) is 0 Å². The number of likely N-dealkylation sites (tertiary alicyclic amines) is 1. The molecule has 4 rings (SSSR count). The highest BCUT2D eigenvalue weighted by Gasteiger charge is 2.21. The second kappa shape index (κ2) is 5.25. The van der Waals surface area contributed by atoms with Crippen LogP contribution in [0.5, 0.6) is 0 Å². The smallest absolute Gasteiger partial charge is 0.345 e. The average molecular weight is 313 g/mol. The van der Waals surface area contributed by atoms with Crippen molar-refractivity contribution in [2.75, 3.05) is 13.1 Å². The quantitative estimate of drug-likeness (QED) is 0.645. The Morgan fingerprint density at radius 1 is 1.09 bits per heavy atom. The predicted octanol–water partition coefficient (Wildman–Crippen LogP) is 3.63. The van der Waals surface area contributed by atoms with Gasteiger partial charge in [0, 0.05) is 18.5 Å². The van der Waals surface area contributed by atoms with E-state index in [-0.39, 0.29) is 11.5 Å². The molecule has 0 saturated carbocycles. The third kappa shape index (κ3) is 2.13. The molecule has 1 amide bonds. The van der Waals surface area contributed by atoms with Crippen LogP contribution in [0.15, 0.2) is 39.5 Å². The molecule has 0 atom stereocenters. The van der Waals surface area contributed by atoms with Gasteiger partial charge in [-0.1, -0.05) is 12.1 Å². The SMILES string of the molecule is O=C(c1cc2c(=O)oc3ccccc3c2s1)N1CCCCC1. The summed E-state index contributed by atoms with van der Waals surface area (Å²) in [4.78, 5) is 27.3. The number of hydrogen-bond donors (Lipinski definition) is 0. The van der Waals surface area contributed by atoms with Crippen LogP contribution in [0, 0.1) is 0 Å². The highest BCUT2D eigenvalue weighted by molar-refractivity contribution is 7.21. The van der Waals surface area contributed by atoms with Crippen molar-refractivity contribution in [2.45, 2.75) is 19.3 Å². The van der Waals surface area contributed by atoms with Crippen molar-refractivity contribution in [3.63, 3.8) is 0 Å². The molecule has 22 heavy (non-hydrogen) atoms. The summed E-state index contributed by atoms with van der Waals surface area (Å²) in [5.74, 6) is 0.0318. The number of thiophene rings is 1. The van der Waals surface area contributed by atoms with Gasteiger partial charge in [-0.3, -0.25) is 4.79 Å². The fourth-order valence-electron chi connectivity index (χ4n) is 3.00. The van der Waals surface area contributed by atoms with Gasteiger partial charge in [0.2, 0.25) is 0 Å². The van der Waals surface area contributed by atoms with Gasteiger partial charge in [0.15, 0.2) is 0 Å². The molecule has 3 heterocycles. The molecular formula is C17H15NO3S. The van der Waals surface area contributed by atoms with E-state index in [4.69, 9.17) is 4.42 Å². The van der Waals surface area contributed by atoms with Crippen LogP contribution in [0.2, 0.25) is 0 Å². The molecule has 3 aromatic rings. The van der Waals surface area contributed by atoms with E-state index in [9.17, 15) is 9.59 Å². The molecule has 0 bridgehead atoms. The Balaban J connectivity index is 1.86. The standard InChI is InChI=1S/C17H15NO3S/c19-16(18-8-4-1-5-9-18)14-10-12-15(22-14)11-6-2-3-7-13(11)21-17(12)20/h2-3,6-7,10H,1,4-5,8-9H2. The minimum atomic E-state index is -0.373. The number of fused-ring (bicyclic) bond motifs is 3. The Kier molecular flexibility index (Phi) is 3.22. The lowest BCUT2D eigenvalue weighted by Gasteiger charge is -2.26. The van der Waals surface area contributed by atoms with E-state index in [1.807, 2.05) is 23.1 Å². The normalized spacial score (nSPS) is 15.5. The lowest BCUT2D eigenvalue weighted by atomic mass is 10.1. The fraction of sp³-hybridized carbons (Fsp3) is 0.294. The summed E-state index contributed by atoms with van der Waals surface area (Å²) >= 11 is 1.39. The van der Waals surface area contributed by atoms with Crippen LogP contribution in [0.1, 0.15) is 28.9 Å². The number of piperidine rings is 1. The minimum Gasteiger partial charge on any atom is -0.422 e. The zero-order chi connectivity index (χ0) is 15.1. The van der Waals surface area contributed by atoms with Gasteiger partial charge in [-0.2, -0.15) is 0 Å². The number of nitrogens with zero attached hydrogens (tertiary/aromatic N) is 1. The highest BCUT2D eigenvalue weighted by Crippen LogP contribution is 2.31. The van der Waals surface area contributed by atoms with E-state index in [0.29, 0.717) is 15.8 Å². The van der Waals surface area contributed by atoms with Crippen molar-refractivity contribution in [1.29, 1.82) is 0 Å². The van der Waals surface area contributed by atoms with Crippen molar-refractivity contribution in [1.82, 2.24) is 4.90 Å². The topological polar surface area (TPSA) is 50.5 Å². The van der Waals surface area contributed by atoms with Gasteiger partial charge in [-0.15, -0.1) is 11.3 Å². The van der Waals surface area contributed by atoms with E-state index in [0.717, 1.165) is 36.0 Å². The molecule has 1 aromatic carbocycles. The van der Waals surface area contributed by atoms with Crippen molar-refractivity contribution in [2.24, 2.45) is 0 Å². The summed E-state index contributed by atoms with van der Waals surface area (Å²) in [7, 11) is 0. The number of hydrogen-bond acceptors (Lipinski definition) is 4. The molecule has 2 aromatic heterocycles. The van der Waals surface area contributed by atoms with Crippen molar-refractivity contribution >= 4 is 38.3 Å². The first-order chi connectivity index (χ1) is 10.7. The Hall–Kier alpha value is -2.14. The van der Waals surface area contributed by atoms with Crippen LogP contribution < -0.4 is 5.63 Å². The molecule has 5 heteroatoms. The molecule has 1 saturated heterocycles. The average Bonchev–Trinajstić information content (AvgIpc) is 3.01. The van der Waals surface area contributed by atoms with E-state index in [2.05, 4.69) is 0 Å². The third-order valence-electron chi connectivity index (χ3n) is 4.14. The molecule has 0 spiro atoms. The van der Waals surface area contributed by atoms with Crippen LogP contribution in [-0.4, -0.2) is 23.9 Å². The zero-order valence-corrected chi connectivity index (χ0v) is 12.8. The van der Waals surface area contributed by atoms with E-state index in [1.54, 1.807) is 12.1 Å². The predicted molar refractivity (Wildman–Crippen MR) is 87.6 cm³/mol. The Labute approximate surface area is 131 Å². The highest BCUT2D eigenvalue weighted by atomic mass is 32.1. The Morgan fingerprint density at radius 2 is 1.86 bits per heavy atom. The maximum absolute atomic E-state index is 12.6. The van der Waals surface area contributed by atoms with E-state index < -0.39 is 0 Å². The molecule has 1 aliphatic heterocycles.